The lowest BCUT2D eigenvalue weighted by Crippen LogP contribution is -2.32. The van der Waals surface area contributed by atoms with Crippen LogP contribution in [0.3, 0.4) is 0 Å². The summed E-state index contributed by atoms with van der Waals surface area (Å²) in [6, 6.07) is 0. The highest BCUT2D eigenvalue weighted by Gasteiger charge is 2.10. The molecule has 0 aliphatic rings. The first-order chi connectivity index (χ1) is 5.11. The molecule has 4 heteroatoms. The Balaban J connectivity index is 3.78. The summed E-state index contributed by atoms with van der Waals surface area (Å²) in [5.74, 6) is 0. The minimum absolute atomic E-state index is 0.199. The molecule has 0 aliphatic carbocycles. The summed E-state index contributed by atoms with van der Waals surface area (Å²) < 4.78 is 0. The van der Waals surface area contributed by atoms with Gasteiger partial charge in [-0.15, -0.1) is 0 Å². The highest BCUT2D eigenvalue weighted by molar-refractivity contribution is 8.14. The van der Waals surface area contributed by atoms with Crippen LogP contribution < -0.4 is 5.73 Å². The second-order valence-corrected chi connectivity index (χ2v) is 3.66. The summed E-state index contributed by atoms with van der Waals surface area (Å²) in [5, 5.41) is 7.60. The second kappa shape index (κ2) is 5.43. The van der Waals surface area contributed by atoms with E-state index in [1.165, 1.54) is 11.8 Å². The molecular formula is C7H17N3S. The van der Waals surface area contributed by atoms with Crippen molar-refractivity contribution in [1.29, 1.82) is 5.41 Å². The molecule has 0 aromatic heterocycles. The molecule has 1 unspecified atom stereocenters. The third-order valence-corrected chi connectivity index (χ3v) is 2.52. The van der Waals surface area contributed by atoms with Crippen molar-refractivity contribution in [2.24, 2.45) is 5.73 Å². The van der Waals surface area contributed by atoms with Gasteiger partial charge in [0, 0.05) is 0 Å². The third kappa shape index (κ3) is 4.27. The molecule has 0 saturated heterocycles. The molecule has 0 aliphatic heterocycles. The smallest absolute Gasteiger partial charge is 0.152 e. The molecule has 0 amide bonds. The van der Waals surface area contributed by atoms with Crippen LogP contribution in [0.4, 0.5) is 0 Å². The van der Waals surface area contributed by atoms with Crippen LogP contribution in [0.25, 0.3) is 0 Å². The SMILES string of the molecule is CCN(CC)C(C)SC(=N)N. The monoisotopic (exact) mass is 175 g/mol. The Hall–Kier alpha value is -0.220. The Morgan fingerprint density at radius 1 is 1.55 bits per heavy atom. The first-order valence-electron chi connectivity index (χ1n) is 3.86. The molecule has 1 atom stereocenters. The van der Waals surface area contributed by atoms with Gasteiger partial charge in [0.1, 0.15) is 0 Å². The summed E-state index contributed by atoms with van der Waals surface area (Å²) in [7, 11) is 0. The fourth-order valence-electron chi connectivity index (χ4n) is 0.996. The fraction of sp³-hybridized carbons (Fsp3) is 0.857. The lowest BCUT2D eigenvalue weighted by molar-refractivity contribution is 0.298. The number of hydrogen-bond acceptors (Lipinski definition) is 3. The van der Waals surface area contributed by atoms with Crippen molar-refractivity contribution in [3.8, 4) is 0 Å². The van der Waals surface area contributed by atoms with Crippen molar-refractivity contribution in [3.05, 3.63) is 0 Å². The Morgan fingerprint density at radius 2 is 2.00 bits per heavy atom. The van der Waals surface area contributed by atoms with Gasteiger partial charge in [-0.2, -0.15) is 0 Å². The van der Waals surface area contributed by atoms with Crippen molar-refractivity contribution < 1.29 is 0 Å². The van der Waals surface area contributed by atoms with Crippen LogP contribution >= 0.6 is 11.8 Å². The van der Waals surface area contributed by atoms with E-state index in [-0.39, 0.29) is 5.17 Å². The van der Waals surface area contributed by atoms with Crippen molar-refractivity contribution in [2.45, 2.75) is 26.1 Å². The van der Waals surface area contributed by atoms with Crippen molar-refractivity contribution in [2.75, 3.05) is 13.1 Å². The molecule has 3 nitrogen and oxygen atoms in total. The Labute approximate surface area is 72.8 Å². The number of rotatable bonds is 4. The van der Waals surface area contributed by atoms with Gasteiger partial charge in [-0.05, 0) is 20.0 Å². The zero-order valence-electron chi connectivity index (χ0n) is 7.42. The lowest BCUT2D eigenvalue weighted by atomic mass is 10.5. The Bertz CT molecular complexity index is 123. The minimum atomic E-state index is 0.199. The largest absolute Gasteiger partial charge is 0.379 e. The van der Waals surface area contributed by atoms with Gasteiger partial charge in [-0.25, -0.2) is 0 Å². The van der Waals surface area contributed by atoms with Gasteiger partial charge in [0.15, 0.2) is 5.17 Å². The van der Waals surface area contributed by atoms with E-state index in [9.17, 15) is 0 Å². The minimum Gasteiger partial charge on any atom is -0.379 e. The number of thioether (sulfide) groups is 1. The van der Waals surface area contributed by atoms with Crippen molar-refractivity contribution in [3.63, 3.8) is 0 Å². The average Bonchev–Trinajstić information content (AvgIpc) is 1.88. The Kier molecular flexibility index (Phi) is 5.32. The van der Waals surface area contributed by atoms with E-state index < -0.39 is 0 Å². The second-order valence-electron chi connectivity index (χ2n) is 2.30. The van der Waals surface area contributed by atoms with E-state index >= 15 is 0 Å². The van der Waals surface area contributed by atoms with E-state index in [0.29, 0.717) is 5.37 Å². The molecule has 0 aromatic carbocycles. The molecule has 66 valence electrons. The van der Waals surface area contributed by atoms with Crippen LogP contribution in [0.5, 0.6) is 0 Å². The maximum absolute atomic E-state index is 7.08. The number of amidine groups is 1. The normalized spacial score (nSPS) is 13.5. The maximum Gasteiger partial charge on any atom is 0.152 e. The van der Waals surface area contributed by atoms with Crippen LogP contribution in [-0.2, 0) is 0 Å². The molecule has 0 heterocycles. The van der Waals surface area contributed by atoms with Gasteiger partial charge in [0.2, 0.25) is 0 Å². The summed E-state index contributed by atoms with van der Waals surface area (Å²) in [4.78, 5) is 2.26. The summed E-state index contributed by atoms with van der Waals surface area (Å²) in [5.41, 5.74) is 5.26. The van der Waals surface area contributed by atoms with Gasteiger partial charge in [-0.3, -0.25) is 10.3 Å². The molecular weight excluding hydrogens is 158 g/mol. The topological polar surface area (TPSA) is 53.1 Å². The van der Waals surface area contributed by atoms with E-state index in [0.717, 1.165) is 13.1 Å². The summed E-state index contributed by atoms with van der Waals surface area (Å²) >= 11 is 1.40. The highest BCUT2D eigenvalue weighted by atomic mass is 32.2. The number of nitrogens with one attached hydrogen (secondary N) is 1. The van der Waals surface area contributed by atoms with Crippen LogP contribution in [0.1, 0.15) is 20.8 Å². The molecule has 3 N–H and O–H groups in total. The van der Waals surface area contributed by atoms with Gasteiger partial charge in [0.25, 0.3) is 0 Å². The molecule has 0 aromatic rings. The predicted molar refractivity (Wildman–Crippen MR) is 51.9 cm³/mol. The van der Waals surface area contributed by atoms with Crippen LogP contribution in [0.2, 0.25) is 0 Å². The predicted octanol–water partition coefficient (Wildman–Crippen LogP) is 1.30. The number of nitrogens with two attached hydrogens (primary N) is 1. The van der Waals surface area contributed by atoms with Gasteiger partial charge in [0.05, 0.1) is 5.37 Å². The van der Waals surface area contributed by atoms with Crippen LogP contribution in [-0.4, -0.2) is 28.5 Å². The average molecular weight is 175 g/mol. The van der Waals surface area contributed by atoms with Gasteiger partial charge in [-0.1, -0.05) is 25.6 Å². The zero-order valence-corrected chi connectivity index (χ0v) is 8.24. The summed E-state index contributed by atoms with van der Waals surface area (Å²) in [6.07, 6.45) is 0. The standard InChI is InChI=1S/C7H17N3S/c1-4-10(5-2)6(3)11-7(8)9/h6H,4-5H2,1-3H3,(H3,8,9). The van der Waals surface area contributed by atoms with Gasteiger partial charge >= 0.3 is 0 Å². The Morgan fingerprint density at radius 3 is 2.27 bits per heavy atom. The number of nitrogens with zero attached hydrogens (tertiary/aromatic N) is 1. The fourth-order valence-corrected chi connectivity index (χ4v) is 1.81. The summed E-state index contributed by atoms with van der Waals surface area (Å²) in [6.45, 7) is 8.32. The molecule has 0 rings (SSSR count). The van der Waals surface area contributed by atoms with E-state index in [1.54, 1.807) is 0 Å². The molecule has 11 heavy (non-hydrogen) atoms. The third-order valence-electron chi connectivity index (χ3n) is 1.62. The van der Waals surface area contributed by atoms with Crippen LogP contribution in [0, 0.1) is 5.41 Å². The first-order valence-corrected chi connectivity index (χ1v) is 4.74. The van der Waals surface area contributed by atoms with E-state index in [4.69, 9.17) is 11.1 Å². The molecule has 0 bridgehead atoms. The molecule has 0 radical (unpaired) electrons. The number of hydrogen-bond donors (Lipinski definition) is 2. The molecule has 0 spiro atoms. The zero-order chi connectivity index (χ0) is 8.85. The van der Waals surface area contributed by atoms with Crippen LogP contribution in [0.15, 0.2) is 0 Å². The van der Waals surface area contributed by atoms with Crippen molar-refractivity contribution >= 4 is 16.9 Å². The lowest BCUT2D eigenvalue weighted by Gasteiger charge is -2.24. The highest BCUT2D eigenvalue weighted by Crippen LogP contribution is 2.13. The molecule has 0 fully saturated rings. The maximum atomic E-state index is 7.08. The van der Waals surface area contributed by atoms with Crippen molar-refractivity contribution in [1.82, 2.24) is 4.90 Å². The van der Waals surface area contributed by atoms with E-state index in [1.807, 2.05) is 0 Å². The van der Waals surface area contributed by atoms with E-state index in [2.05, 4.69) is 25.7 Å². The first kappa shape index (κ1) is 10.8. The quantitative estimate of drug-likeness (QED) is 0.385. The van der Waals surface area contributed by atoms with Gasteiger partial charge < -0.3 is 5.73 Å². The molecule has 0 saturated carbocycles.